The van der Waals surface area contributed by atoms with Crippen LogP contribution in [-0.2, 0) is 9.53 Å². The molecule has 0 amide bonds. The molecule has 2 unspecified atom stereocenters. The molecule has 4 heteroatoms. The third-order valence-electron chi connectivity index (χ3n) is 3.65. The number of rotatable bonds is 8. The predicted molar refractivity (Wildman–Crippen MR) is 73.6 cm³/mol. The Kier molecular flexibility index (Phi) is 7.28. The van der Waals surface area contributed by atoms with Crippen LogP contribution in [0.1, 0.15) is 46.5 Å². The molecule has 1 saturated heterocycles. The van der Waals surface area contributed by atoms with E-state index >= 15 is 0 Å². The summed E-state index contributed by atoms with van der Waals surface area (Å²) in [6.07, 6.45) is 4.37. The molecule has 1 aliphatic heterocycles. The normalized spacial score (nSPS) is 22.1. The topological polar surface area (TPSA) is 41.6 Å². The van der Waals surface area contributed by atoms with Crippen LogP contribution in [0.15, 0.2) is 0 Å². The van der Waals surface area contributed by atoms with Gasteiger partial charge in [0, 0.05) is 12.6 Å². The van der Waals surface area contributed by atoms with E-state index in [4.69, 9.17) is 4.74 Å². The first kappa shape index (κ1) is 15.4. The highest BCUT2D eigenvalue weighted by molar-refractivity contribution is 5.75. The highest BCUT2D eigenvalue weighted by atomic mass is 16.5. The van der Waals surface area contributed by atoms with Gasteiger partial charge >= 0.3 is 5.97 Å². The number of esters is 1. The molecular formula is C14H28N2O2. The highest BCUT2D eigenvalue weighted by Crippen LogP contribution is 2.16. The van der Waals surface area contributed by atoms with Crippen LogP contribution in [0.25, 0.3) is 0 Å². The lowest BCUT2D eigenvalue weighted by Gasteiger charge is -2.25. The van der Waals surface area contributed by atoms with Gasteiger partial charge in [0.25, 0.3) is 0 Å². The Morgan fingerprint density at radius 2 is 2.22 bits per heavy atom. The quantitative estimate of drug-likeness (QED) is 0.672. The van der Waals surface area contributed by atoms with Crippen LogP contribution < -0.4 is 5.32 Å². The molecule has 18 heavy (non-hydrogen) atoms. The van der Waals surface area contributed by atoms with Crippen LogP contribution in [0.2, 0.25) is 0 Å². The minimum atomic E-state index is -0.130. The van der Waals surface area contributed by atoms with E-state index in [2.05, 4.69) is 24.1 Å². The van der Waals surface area contributed by atoms with E-state index in [1.54, 1.807) is 0 Å². The molecule has 1 heterocycles. The van der Waals surface area contributed by atoms with Gasteiger partial charge < -0.3 is 10.1 Å². The Bertz CT molecular complexity index is 246. The molecule has 0 spiro atoms. The van der Waals surface area contributed by atoms with Crippen LogP contribution in [0.3, 0.4) is 0 Å². The van der Waals surface area contributed by atoms with Gasteiger partial charge in [0.05, 0.1) is 6.61 Å². The summed E-state index contributed by atoms with van der Waals surface area (Å²) in [6.45, 7) is 9.82. The summed E-state index contributed by atoms with van der Waals surface area (Å²) in [4.78, 5) is 14.3. The average Bonchev–Trinajstić information content (AvgIpc) is 2.82. The van der Waals surface area contributed by atoms with E-state index in [0.29, 0.717) is 12.6 Å². The molecule has 1 N–H and O–H groups in total. The number of nitrogens with one attached hydrogen (secondary N) is 1. The Balaban J connectivity index is 2.38. The molecule has 0 aromatic rings. The first-order valence-corrected chi connectivity index (χ1v) is 7.36. The second-order valence-electron chi connectivity index (χ2n) is 4.93. The number of ether oxygens (including phenoxy) is 1. The lowest BCUT2D eigenvalue weighted by Crippen LogP contribution is -2.45. The Hall–Kier alpha value is -0.610. The van der Waals surface area contributed by atoms with Crippen molar-refractivity contribution in [1.82, 2.24) is 10.2 Å². The van der Waals surface area contributed by atoms with Crippen molar-refractivity contribution in [2.24, 2.45) is 0 Å². The number of likely N-dealkylation sites (N-methyl/N-ethyl adjacent to an activating group) is 1. The summed E-state index contributed by atoms with van der Waals surface area (Å²) < 4.78 is 5.11. The molecule has 0 saturated carbocycles. The second-order valence-corrected chi connectivity index (χ2v) is 4.93. The van der Waals surface area contributed by atoms with E-state index in [0.717, 1.165) is 25.9 Å². The SMILES string of the molecule is CCCC(NCC1CCCN1CC)C(=O)OCC. The molecule has 1 fully saturated rings. The fourth-order valence-corrected chi connectivity index (χ4v) is 2.66. The van der Waals surface area contributed by atoms with Crippen LogP contribution in [0.5, 0.6) is 0 Å². The fraction of sp³-hybridized carbons (Fsp3) is 0.929. The fourth-order valence-electron chi connectivity index (χ4n) is 2.66. The molecule has 0 aromatic heterocycles. The number of nitrogens with zero attached hydrogens (tertiary/aromatic N) is 1. The monoisotopic (exact) mass is 256 g/mol. The largest absolute Gasteiger partial charge is 0.465 e. The molecule has 0 aromatic carbocycles. The maximum absolute atomic E-state index is 11.8. The molecule has 0 bridgehead atoms. The van der Waals surface area contributed by atoms with Gasteiger partial charge in [-0.15, -0.1) is 0 Å². The third-order valence-corrected chi connectivity index (χ3v) is 3.65. The van der Waals surface area contributed by atoms with E-state index in [9.17, 15) is 4.79 Å². The minimum Gasteiger partial charge on any atom is -0.465 e. The molecule has 1 rings (SSSR count). The average molecular weight is 256 g/mol. The number of likely N-dealkylation sites (tertiary alicyclic amines) is 1. The van der Waals surface area contributed by atoms with Gasteiger partial charge in [0.1, 0.15) is 6.04 Å². The van der Waals surface area contributed by atoms with Gasteiger partial charge in [-0.05, 0) is 39.3 Å². The number of carbonyl (C=O) groups excluding carboxylic acids is 1. The van der Waals surface area contributed by atoms with Crippen molar-refractivity contribution in [1.29, 1.82) is 0 Å². The van der Waals surface area contributed by atoms with E-state index in [1.807, 2.05) is 6.92 Å². The molecule has 106 valence electrons. The van der Waals surface area contributed by atoms with Gasteiger partial charge in [0.2, 0.25) is 0 Å². The van der Waals surface area contributed by atoms with Gasteiger partial charge in [-0.25, -0.2) is 0 Å². The van der Waals surface area contributed by atoms with Crippen molar-refractivity contribution in [2.75, 3.05) is 26.2 Å². The van der Waals surface area contributed by atoms with Crippen LogP contribution in [0.4, 0.5) is 0 Å². The van der Waals surface area contributed by atoms with Crippen molar-refractivity contribution in [3.8, 4) is 0 Å². The summed E-state index contributed by atoms with van der Waals surface area (Å²) in [5.41, 5.74) is 0. The maximum atomic E-state index is 11.8. The van der Waals surface area contributed by atoms with E-state index < -0.39 is 0 Å². The van der Waals surface area contributed by atoms with Gasteiger partial charge in [-0.3, -0.25) is 9.69 Å². The van der Waals surface area contributed by atoms with Gasteiger partial charge in [-0.1, -0.05) is 20.3 Å². The second kappa shape index (κ2) is 8.48. The van der Waals surface area contributed by atoms with Crippen LogP contribution in [0, 0.1) is 0 Å². The summed E-state index contributed by atoms with van der Waals surface area (Å²) in [5.74, 6) is -0.0969. The van der Waals surface area contributed by atoms with E-state index in [-0.39, 0.29) is 12.0 Å². The zero-order chi connectivity index (χ0) is 13.4. The maximum Gasteiger partial charge on any atom is 0.323 e. The van der Waals surface area contributed by atoms with Crippen LogP contribution >= 0.6 is 0 Å². The van der Waals surface area contributed by atoms with E-state index in [1.165, 1.54) is 19.4 Å². The minimum absolute atomic E-state index is 0.0969. The molecule has 0 radical (unpaired) electrons. The number of carbonyl (C=O) groups is 1. The molecule has 1 aliphatic rings. The van der Waals surface area contributed by atoms with Crippen LogP contribution in [-0.4, -0.2) is 49.2 Å². The molecular weight excluding hydrogens is 228 g/mol. The third kappa shape index (κ3) is 4.58. The summed E-state index contributed by atoms with van der Waals surface area (Å²) in [5, 5.41) is 3.40. The van der Waals surface area contributed by atoms with Crippen molar-refractivity contribution in [3.63, 3.8) is 0 Å². The van der Waals surface area contributed by atoms with Crippen molar-refractivity contribution >= 4 is 5.97 Å². The Labute approximate surface area is 111 Å². The predicted octanol–water partition coefficient (Wildman–Crippen LogP) is 1.79. The summed E-state index contributed by atoms with van der Waals surface area (Å²) in [7, 11) is 0. The van der Waals surface area contributed by atoms with Gasteiger partial charge in [0.15, 0.2) is 0 Å². The number of hydrogen-bond donors (Lipinski definition) is 1. The molecule has 4 nitrogen and oxygen atoms in total. The Morgan fingerprint density at radius 3 is 2.83 bits per heavy atom. The molecule has 0 aliphatic carbocycles. The van der Waals surface area contributed by atoms with Crippen molar-refractivity contribution in [2.45, 2.75) is 58.5 Å². The lowest BCUT2D eigenvalue weighted by molar-refractivity contribution is -0.145. The lowest BCUT2D eigenvalue weighted by atomic mass is 10.1. The standard InChI is InChI=1S/C14H28N2O2/c1-4-8-13(14(17)18-6-3)15-11-12-9-7-10-16(12)5-2/h12-13,15H,4-11H2,1-3H3. The van der Waals surface area contributed by atoms with Gasteiger partial charge in [-0.2, -0.15) is 0 Å². The number of hydrogen-bond acceptors (Lipinski definition) is 4. The summed E-state index contributed by atoms with van der Waals surface area (Å²) in [6, 6.07) is 0.457. The Morgan fingerprint density at radius 1 is 1.44 bits per heavy atom. The molecule has 2 atom stereocenters. The smallest absolute Gasteiger partial charge is 0.323 e. The summed E-state index contributed by atoms with van der Waals surface area (Å²) >= 11 is 0. The first-order valence-electron chi connectivity index (χ1n) is 7.36. The van der Waals surface area contributed by atoms with Crippen molar-refractivity contribution < 1.29 is 9.53 Å². The first-order chi connectivity index (χ1) is 8.72. The highest BCUT2D eigenvalue weighted by Gasteiger charge is 2.25. The zero-order valence-electron chi connectivity index (χ0n) is 12.1. The van der Waals surface area contributed by atoms with Crippen molar-refractivity contribution in [3.05, 3.63) is 0 Å². The zero-order valence-corrected chi connectivity index (χ0v) is 12.1.